The number of carbonyl (C=O) groups excluding carboxylic acids is 2. The van der Waals surface area contributed by atoms with Gasteiger partial charge in [-0.25, -0.2) is 0 Å². The largest absolute Gasteiger partial charge is 0.492 e. The quantitative estimate of drug-likeness (QED) is 0.757. The van der Waals surface area contributed by atoms with Gasteiger partial charge in [0.05, 0.1) is 16.5 Å². The van der Waals surface area contributed by atoms with Crippen molar-refractivity contribution in [1.29, 1.82) is 0 Å². The third-order valence-corrected chi connectivity index (χ3v) is 6.46. The molecule has 0 spiro atoms. The lowest BCUT2D eigenvalue weighted by Crippen LogP contribution is -2.27. The molecule has 128 valence electrons. The van der Waals surface area contributed by atoms with Gasteiger partial charge >= 0.3 is 0 Å². The summed E-state index contributed by atoms with van der Waals surface area (Å²) in [5.74, 6) is 1.17. The summed E-state index contributed by atoms with van der Waals surface area (Å²) in [5.41, 5.74) is 0.659. The number of benzene rings is 1. The first kappa shape index (κ1) is 17.7. The Labute approximate surface area is 153 Å². The van der Waals surface area contributed by atoms with Crippen molar-refractivity contribution in [3.63, 3.8) is 0 Å². The van der Waals surface area contributed by atoms with Crippen molar-refractivity contribution < 1.29 is 14.3 Å². The number of amides is 2. The predicted molar refractivity (Wildman–Crippen MR) is 99.5 cm³/mol. The van der Waals surface area contributed by atoms with Crippen LogP contribution in [0.15, 0.2) is 23.1 Å². The van der Waals surface area contributed by atoms with E-state index in [1.807, 2.05) is 17.8 Å². The molecule has 3 rings (SSSR count). The summed E-state index contributed by atoms with van der Waals surface area (Å²) in [4.78, 5) is 23.2. The maximum atomic E-state index is 11.6. The van der Waals surface area contributed by atoms with Crippen LogP contribution in [0.1, 0.15) is 18.9 Å². The van der Waals surface area contributed by atoms with E-state index in [-0.39, 0.29) is 5.24 Å². The Morgan fingerprint density at radius 3 is 2.92 bits per heavy atom. The maximum Gasteiger partial charge on any atom is 0.290 e. The lowest BCUT2D eigenvalue weighted by molar-refractivity contribution is -0.115. The molecule has 0 bridgehead atoms. The second-order valence-corrected chi connectivity index (χ2v) is 8.11. The van der Waals surface area contributed by atoms with Crippen LogP contribution in [-0.2, 0) is 4.79 Å². The van der Waals surface area contributed by atoms with Crippen molar-refractivity contribution in [3.8, 4) is 5.75 Å². The zero-order valence-corrected chi connectivity index (χ0v) is 15.4. The SMILES string of the molecule is CC1NCSC1CCOc1cccc(/C=C2\SC(=O)NC2=O)c1Cl. The number of thioether (sulfide) groups is 2. The summed E-state index contributed by atoms with van der Waals surface area (Å²) in [6, 6.07) is 5.90. The summed E-state index contributed by atoms with van der Waals surface area (Å²) >= 11 is 9.15. The number of carbonyl (C=O) groups is 2. The van der Waals surface area contributed by atoms with Crippen molar-refractivity contribution in [1.82, 2.24) is 10.6 Å². The molecule has 2 aliphatic heterocycles. The van der Waals surface area contributed by atoms with Gasteiger partial charge in [0.15, 0.2) is 0 Å². The Bertz CT molecular complexity index is 696. The van der Waals surface area contributed by atoms with Gasteiger partial charge in [0.1, 0.15) is 5.75 Å². The van der Waals surface area contributed by atoms with E-state index in [1.165, 1.54) is 0 Å². The van der Waals surface area contributed by atoms with Crippen LogP contribution >= 0.6 is 35.1 Å². The third-order valence-electron chi connectivity index (χ3n) is 3.84. The van der Waals surface area contributed by atoms with E-state index in [9.17, 15) is 9.59 Å². The number of imide groups is 1. The van der Waals surface area contributed by atoms with Crippen LogP contribution < -0.4 is 15.4 Å². The van der Waals surface area contributed by atoms with Crippen molar-refractivity contribution in [3.05, 3.63) is 33.7 Å². The zero-order valence-electron chi connectivity index (χ0n) is 13.0. The van der Waals surface area contributed by atoms with Gasteiger partial charge in [0, 0.05) is 17.2 Å². The lowest BCUT2D eigenvalue weighted by atomic mass is 10.2. The highest BCUT2D eigenvalue weighted by Crippen LogP contribution is 2.33. The van der Waals surface area contributed by atoms with Crippen molar-refractivity contribution in [2.75, 3.05) is 12.5 Å². The number of nitrogens with one attached hydrogen (secondary N) is 2. The van der Waals surface area contributed by atoms with E-state index in [0.717, 1.165) is 24.1 Å². The summed E-state index contributed by atoms with van der Waals surface area (Å²) in [7, 11) is 0. The lowest BCUT2D eigenvalue weighted by Gasteiger charge is -2.15. The van der Waals surface area contributed by atoms with E-state index in [2.05, 4.69) is 17.6 Å². The molecule has 24 heavy (non-hydrogen) atoms. The van der Waals surface area contributed by atoms with Crippen LogP contribution in [0.4, 0.5) is 4.79 Å². The van der Waals surface area contributed by atoms with Gasteiger partial charge in [-0.2, -0.15) is 0 Å². The molecule has 2 saturated heterocycles. The summed E-state index contributed by atoms with van der Waals surface area (Å²) < 4.78 is 5.82. The van der Waals surface area contributed by atoms with Crippen molar-refractivity contribution in [2.45, 2.75) is 24.6 Å². The zero-order chi connectivity index (χ0) is 17.1. The van der Waals surface area contributed by atoms with E-state index in [0.29, 0.717) is 39.1 Å². The third kappa shape index (κ3) is 4.08. The number of hydrogen-bond acceptors (Lipinski definition) is 6. The van der Waals surface area contributed by atoms with Crippen LogP contribution in [0.25, 0.3) is 6.08 Å². The molecule has 1 aromatic rings. The minimum Gasteiger partial charge on any atom is -0.492 e. The number of halogens is 1. The highest BCUT2D eigenvalue weighted by molar-refractivity contribution is 8.18. The average molecular weight is 385 g/mol. The predicted octanol–water partition coefficient (Wildman–Crippen LogP) is 3.48. The molecule has 1 aromatic carbocycles. The molecule has 0 aromatic heterocycles. The molecule has 2 N–H and O–H groups in total. The second-order valence-electron chi connectivity index (χ2n) is 5.49. The van der Waals surface area contributed by atoms with Crippen LogP contribution in [0.5, 0.6) is 5.75 Å². The van der Waals surface area contributed by atoms with Gasteiger partial charge in [-0.05, 0) is 42.8 Å². The normalized spacial score (nSPS) is 25.3. The molecule has 2 unspecified atom stereocenters. The summed E-state index contributed by atoms with van der Waals surface area (Å²) in [5, 5.41) is 6.24. The van der Waals surface area contributed by atoms with Crippen LogP contribution in [0.3, 0.4) is 0 Å². The number of hydrogen-bond donors (Lipinski definition) is 2. The van der Waals surface area contributed by atoms with E-state index in [1.54, 1.807) is 18.2 Å². The standard InChI is InChI=1S/C16H17ClN2O3S2/c1-9-12(23-8-18-9)5-6-22-11-4-2-3-10(14(11)17)7-13-15(20)19-16(21)24-13/h2-4,7,9,12,18H,5-6,8H2,1H3,(H,19,20,21)/b13-7-. The Morgan fingerprint density at radius 2 is 2.25 bits per heavy atom. The smallest absolute Gasteiger partial charge is 0.290 e. The molecular weight excluding hydrogens is 368 g/mol. The molecule has 2 amide bonds. The minimum absolute atomic E-state index is 0.335. The number of ether oxygens (including phenoxy) is 1. The Balaban J connectivity index is 1.66. The second kappa shape index (κ2) is 7.82. The Morgan fingerprint density at radius 1 is 1.42 bits per heavy atom. The van der Waals surface area contributed by atoms with Crippen LogP contribution in [0, 0.1) is 0 Å². The highest BCUT2D eigenvalue weighted by atomic mass is 35.5. The molecule has 5 nitrogen and oxygen atoms in total. The van der Waals surface area contributed by atoms with Gasteiger partial charge in [-0.1, -0.05) is 23.7 Å². The number of rotatable bonds is 5. The molecule has 8 heteroatoms. The molecule has 2 fully saturated rings. The van der Waals surface area contributed by atoms with Crippen LogP contribution in [-0.4, -0.2) is 34.9 Å². The fourth-order valence-corrected chi connectivity index (χ4v) is 4.62. The minimum atomic E-state index is -0.396. The Hall–Kier alpha value is -1.15. The highest BCUT2D eigenvalue weighted by Gasteiger charge is 2.26. The fraction of sp³-hybridized carbons (Fsp3) is 0.375. The van der Waals surface area contributed by atoms with Gasteiger partial charge in [0.2, 0.25) is 0 Å². The molecule has 2 atom stereocenters. The topological polar surface area (TPSA) is 67.4 Å². The van der Waals surface area contributed by atoms with Gasteiger partial charge in [-0.3, -0.25) is 14.9 Å². The fourth-order valence-electron chi connectivity index (χ4n) is 2.49. The summed E-state index contributed by atoms with van der Waals surface area (Å²) in [6.45, 7) is 2.76. The van der Waals surface area contributed by atoms with Crippen molar-refractivity contribution in [2.24, 2.45) is 0 Å². The first-order valence-electron chi connectivity index (χ1n) is 7.56. The molecule has 0 radical (unpaired) electrons. The first-order chi connectivity index (χ1) is 11.5. The summed E-state index contributed by atoms with van der Waals surface area (Å²) in [6.07, 6.45) is 2.55. The average Bonchev–Trinajstić information content (AvgIpc) is 3.08. The molecule has 2 aliphatic rings. The molecule has 0 saturated carbocycles. The Kier molecular flexibility index (Phi) is 5.76. The van der Waals surface area contributed by atoms with Gasteiger partial charge < -0.3 is 10.1 Å². The van der Waals surface area contributed by atoms with Gasteiger partial charge in [0.25, 0.3) is 11.1 Å². The first-order valence-corrected chi connectivity index (χ1v) is 9.80. The van der Waals surface area contributed by atoms with E-state index >= 15 is 0 Å². The van der Waals surface area contributed by atoms with E-state index in [4.69, 9.17) is 16.3 Å². The van der Waals surface area contributed by atoms with Gasteiger partial charge in [-0.15, -0.1) is 11.8 Å². The van der Waals surface area contributed by atoms with Crippen molar-refractivity contribution >= 4 is 52.3 Å². The maximum absolute atomic E-state index is 11.6. The molecular formula is C16H17ClN2O3S2. The van der Waals surface area contributed by atoms with Crippen LogP contribution in [0.2, 0.25) is 5.02 Å². The molecule has 2 heterocycles. The molecule has 0 aliphatic carbocycles. The van der Waals surface area contributed by atoms with E-state index < -0.39 is 5.91 Å². The monoisotopic (exact) mass is 384 g/mol.